The highest BCUT2D eigenvalue weighted by molar-refractivity contribution is 6.37. The fourth-order valence-electron chi connectivity index (χ4n) is 4.57. The SMILES string of the molecule is CC(C)C(=O)c1cnc2ccc(-c3cc(Cl)c(O)c(Cl)c3)nc2c1Nc1ccc(N2CCCC(N)C2)nc1.Cl.Cl.Cl. The summed E-state index contributed by atoms with van der Waals surface area (Å²) in [5, 5.41) is 13.6. The molecule has 1 atom stereocenters. The molecular weight excluding hydrogens is 630 g/mol. The van der Waals surface area contributed by atoms with E-state index in [0.29, 0.717) is 39.2 Å². The van der Waals surface area contributed by atoms with Crippen LogP contribution < -0.4 is 16.0 Å². The molecule has 13 heteroatoms. The average molecular weight is 661 g/mol. The third-order valence-electron chi connectivity index (χ3n) is 6.61. The van der Waals surface area contributed by atoms with Crippen LogP contribution in [0.4, 0.5) is 17.2 Å². The van der Waals surface area contributed by atoms with Gasteiger partial charge in [0.1, 0.15) is 11.3 Å². The minimum atomic E-state index is -0.239. The molecule has 1 fully saturated rings. The summed E-state index contributed by atoms with van der Waals surface area (Å²) < 4.78 is 0. The molecular formula is C28H31Cl5N6O2. The van der Waals surface area contributed by atoms with Crippen LogP contribution in [0.25, 0.3) is 22.3 Å². The Labute approximate surface area is 267 Å². The van der Waals surface area contributed by atoms with Crippen molar-refractivity contribution in [2.75, 3.05) is 23.3 Å². The van der Waals surface area contributed by atoms with E-state index < -0.39 is 0 Å². The topological polar surface area (TPSA) is 117 Å². The monoisotopic (exact) mass is 658 g/mol. The van der Waals surface area contributed by atoms with Crippen LogP contribution >= 0.6 is 60.4 Å². The lowest BCUT2D eigenvalue weighted by molar-refractivity contribution is 0.0940. The number of nitrogens with one attached hydrogen (secondary N) is 1. The number of carbonyl (C=O) groups excluding carboxylic acids is 1. The van der Waals surface area contributed by atoms with Crippen molar-refractivity contribution in [2.45, 2.75) is 32.7 Å². The standard InChI is InChI=1S/C28H28Cl2N6O2.3ClH/c1-15(2)27(37)19-13-32-23-7-6-22(16-10-20(29)28(38)21(30)11-16)35-26(23)25(19)34-18-5-8-24(33-12-18)36-9-3-4-17(31)14-36;;;/h5-8,10-13,15,17,38H,3-4,9,14,31H2,1-2H3,(H,32,34);3*1H. The molecule has 0 spiro atoms. The van der Waals surface area contributed by atoms with Crippen LogP contribution in [0, 0.1) is 5.92 Å². The number of phenols is 1. The zero-order valence-electron chi connectivity index (χ0n) is 22.3. The van der Waals surface area contributed by atoms with E-state index in [4.69, 9.17) is 33.9 Å². The Hall–Kier alpha value is -2.59. The smallest absolute Gasteiger partial charge is 0.169 e. The molecule has 0 radical (unpaired) electrons. The van der Waals surface area contributed by atoms with Gasteiger partial charge < -0.3 is 21.1 Å². The summed E-state index contributed by atoms with van der Waals surface area (Å²) >= 11 is 12.3. The maximum Gasteiger partial charge on any atom is 0.169 e. The molecule has 1 saturated heterocycles. The van der Waals surface area contributed by atoms with E-state index >= 15 is 0 Å². The first kappa shape index (κ1) is 34.6. The molecule has 0 amide bonds. The molecule has 1 unspecified atom stereocenters. The Bertz CT molecular complexity index is 1500. The first-order valence-corrected chi connectivity index (χ1v) is 13.2. The van der Waals surface area contributed by atoms with E-state index in [2.05, 4.69) is 20.2 Å². The normalized spacial score (nSPS) is 14.6. The van der Waals surface area contributed by atoms with Gasteiger partial charge in [0.25, 0.3) is 0 Å². The molecule has 8 nitrogen and oxygen atoms in total. The third-order valence-corrected chi connectivity index (χ3v) is 7.19. The molecule has 3 aromatic heterocycles. The molecule has 0 aliphatic carbocycles. The minimum absolute atomic E-state index is 0. The second kappa shape index (κ2) is 14.5. The van der Waals surface area contributed by atoms with Crippen molar-refractivity contribution in [3.63, 3.8) is 0 Å². The van der Waals surface area contributed by atoms with Crippen molar-refractivity contribution in [1.82, 2.24) is 15.0 Å². The number of nitrogens with zero attached hydrogens (tertiary/aromatic N) is 4. The molecule has 4 heterocycles. The summed E-state index contributed by atoms with van der Waals surface area (Å²) in [7, 11) is 0. The number of aromatic hydroxyl groups is 1. The van der Waals surface area contributed by atoms with Crippen LogP contribution in [0.3, 0.4) is 0 Å². The first-order chi connectivity index (χ1) is 18.2. The van der Waals surface area contributed by atoms with E-state index in [1.165, 1.54) is 0 Å². The summed E-state index contributed by atoms with van der Waals surface area (Å²) in [5.41, 5.74) is 10.1. The van der Waals surface area contributed by atoms with Crippen molar-refractivity contribution >= 4 is 94.4 Å². The maximum absolute atomic E-state index is 13.2. The van der Waals surface area contributed by atoms with Crippen molar-refractivity contribution in [3.05, 3.63) is 64.4 Å². The van der Waals surface area contributed by atoms with E-state index in [9.17, 15) is 9.90 Å². The largest absolute Gasteiger partial charge is 0.505 e. The molecule has 220 valence electrons. The van der Waals surface area contributed by atoms with E-state index in [1.54, 1.807) is 30.6 Å². The van der Waals surface area contributed by atoms with Crippen molar-refractivity contribution in [1.29, 1.82) is 0 Å². The molecule has 4 aromatic rings. The van der Waals surface area contributed by atoms with Crippen molar-refractivity contribution in [3.8, 4) is 17.0 Å². The zero-order chi connectivity index (χ0) is 27.0. The summed E-state index contributed by atoms with van der Waals surface area (Å²) in [6.07, 6.45) is 5.39. The van der Waals surface area contributed by atoms with Gasteiger partial charge in [0.15, 0.2) is 11.5 Å². The predicted molar refractivity (Wildman–Crippen MR) is 175 cm³/mol. The van der Waals surface area contributed by atoms with Gasteiger partial charge >= 0.3 is 0 Å². The second-order valence-electron chi connectivity index (χ2n) is 9.80. The highest BCUT2D eigenvalue weighted by atomic mass is 35.5. The van der Waals surface area contributed by atoms with Gasteiger partial charge in [-0.2, -0.15) is 0 Å². The van der Waals surface area contributed by atoms with Gasteiger partial charge in [0.05, 0.1) is 44.4 Å². The quantitative estimate of drug-likeness (QED) is 0.182. The first-order valence-electron chi connectivity index (χ1n) is 12.5. The van der Waals surface area contributed by atoms with Gasteiger partial charge in [-0.3, -0.25) is 9.78 Å². The molecule has 5 rings (SSSR count). The summed E-state index contributed by atoms with van der Waals surface area (Å²) in [4.78, 5) is 29.3. The number of benzene rings is 1. The number of fused-ring (bicyclic) bond motifs is 1. The fourth-order valence-corrected chi connectivity index (χ4v) is 5.06. The van der Waals surface area contributed by atoms with Gasteiger partial charge in [0, 0.05) is 36.8 Å². The Balaban J connectivity index is 0.00000196. The molecule has 0 saturated carbocycles. The Kier molecular flexibility index (Phi) is 12.3. The van der Waals surface area contributed by atoms with Gasteiger partial charge in [-0.15, -0.1) is 37.2 Å². The summed E-state index contributed by atoms with van der Waals surface area (Å²) in [6, 6.07) is 10.8. The van der Waals surface area contributed by atoms with Crippen molar-refractivity contribution < 1.29 is 9.90 Å². The molecule has 1 aliphatic rings. The maximum atomic E-state index is 13.2. The van der Waals surface area contributed by atoms with Crippen LogP contribution in [0.15, 0.2) is 48.8 Å². The number of piperidine rings is 1. The molecule has 0 bridgehead atoms. The summed E-state index contributed by atoms with van der Waals surface area (Å²) in [6.45, 7) is 5.40. The van der Waals surface area contributed by atoms with Crippen LogP contribution in [0.5, 0.6) is 5.75 Å². The Morgan fingerprint density at radius 1 is 1.07 bits per heavy atom. The third kappa shape index (κ3) is 7.44. The molecule has 1 aromatic carbocycles. The lowest BCUT2D eigenvalue weighted by Crippen LogP contribution is -2.43. The lowest BCUT2D eigenvalue weighted by atomic mass is 10.00. The number of rotatable bonds is 6. The zero-order valence-corrected chi connectivity index (χ0v) is 26.3. The number of pyridine rings is 3. The molecule has 4 N–H and O–H groups in total. The average Bonchev–Trinajstić information content (AvgIpc) is 2.91. The number of anilines is 3. The lowest BCUT2D eigenvalue weighted by Gasteiger charge is -2.31. The van der Waals surface area contributed by atoms with E-state index in [0.717, 1.165) is 31.7 Å². The Morgan fingerprint density at radius 3 is 2.39 bits per heavy atom. The van der Waals surface area contributed by atoms with Gasteiger partial charge in [-0.25, -0.2) is 9.97 Å². The number of phenolic OH excluding ortho intramolecular Hbond substituents is 1. The number of Topliss-reactive ketones (excluding diaryl/α,β-unsaturated/α-hetero) is 1. The molecule has 41 heavy (non-hydrogen) atoms. The van der Waals surface area contributed by atoms with E-state index in [-0.39, 0.29) is 70.8 Å². The van der Waals surface area contributed by atoms with Crippen LogP contribution in [-0.2, 0) is 0 Å². The van der Waals surface area contributed by atoms with Crippen molar-refractivity contribution in [2.24, 2.45) is 11.7 Å². The number of nitrogens with two attached hydrogens (primary N) is 1. The van der Waals surface area contributed by atoms with Gasteiger partial charge in [-0.1, -0.05) is 37.0 Å². The van der Waals surface area contributed by atoms with Crippen LogP contribution in [0.2, 0.25) is 10.0 Å². The number of halogens is 5. The predicted octanol–water partition coefficient (Wildman–Crippen LogP) is 7.48. The summed E-state index contributed by atoms with van der Waals surface area (Å²) in [5.74, 6) is 0.382. The minimum Gasteiger partial charge on any atom is -0.505 e. The van der Waals surface area contributed by atoms with Gasteiger partial charge in [-0.05, 0) is 49.2 Å². The Morgan fingerprint density at radius 2 is 1.78 bits per heavy atom. The van der Waals surface area contributed by atoms with Crippen LogP contribution in [-0.4, -0.2) is 45.0 Å². The number of carbonyl (C=O) groups is 1. The number of aromatic nitrogens is 3. The molecule has 1 aliphatic heterocycles. The van der Waals surface area contributed by atoms with E-state index in [1.807, 2.05) is 32.0 Å². The number of ketones is 1. The number of hydrogen-bond acceptors (Lipinski definition) is 8. The highest BCUT2D eigenvalue weighted by Crippen LogP contribution is 2.37. The highest BCUT2D eigenvalue weighted by Gasteiger charge is 2.21. The van der Waals surface area contributed by atoms with Gasteiger partial charge in [0.2, 0.25) is 0 Å². The van der Waals surface area contributed by atoms with Crippen LogP contribution in [0.1, 0.15) is 37.0 Å². The fraction of sp³-hybridized carbons (Fsp3) is 0.286. The number of hydrogen-bond donors (Lipinski definition) is 3. The second-order valence-corrected chi connectivity index (χ2v) is 10.6.